The quantitative estimate of drug-likeness (QED) is 0.0870. The van der Waals surface area contributed by atoms with E-state index >= 15 is 0 Å². The number of aromatic amines is 1. The summed E-state index contributed by atoms with van der Waals surface area (Å²) in [5.41, 5.74) is 3.74. The van der Waals surface area contributed by atoms with Crippen LogP contribution in [0.15, 0.2) is 108 Å². The maximum absolute atomic E-state index is 13.3. The molecule has 0 aliphatic carbocycles. The second kappa shape index (κ2) is 17.8. The van der Waals surface area contributed by atoms with E-state index in [4.69, 9.17) is 9.47 Å². The molecule has 4 heterocycles. The summed E-state index contributed by atoms with van der Waals surface area (Å²) < 4.78 is 12.2. The summed E-state index contributed by atoms with van der Waals surface area (Å²) in [6, 6.07) is 30.5. The summed E-state index contributed by atoms with van der Waals surface area (Å²) in [6.45, 7) is 4.52. The number of phenols is 1. The van der Waals surface area contributed by atoms with Gasteiger partial charge in [0.15, 0.2) is 0 Å². The minimum absolute atomic E-state index is 0.0568. The zero-order valence-electron chi connectivity index (χ0n) is 31.5. The van der Waals surface area contributed by atoms with Crippen molar-refractivity contribution < 1.29 is 29.3 Å². The lowest BCUT2D eigenvalue weighted by atomic mass is 9.86. The fourth-order valence-corrected chi connectivity index (χ4v) is 7.74. The molecule has 56 heavy (non-hydrogen) atoms. The highest BCUT2D eigenvalue weighted by Gasteiger charge is 2.37. The largest absolute Gasteiger partial charge is 0.506 e. The van der Waals surface area contributed by atoms with Gasteiger partial charge in [-0.1, -0.05) is 60.7 Å². The molecule has 3 fully saturated rings. The van der Waals surface area contributed by atoms with Gasteiger partial charge in [0.2, 0.25) is 5.56 Å². The molecular weight excluding hydrogens is 711 g/mol. The summed E-state index contributed by atoms with van der Waals surface area (Å²) in [4.78, 5) is 45.0. The van der Waals surface area contributed by atoms with Crippen LogP contribution in [0.2, 0.25) is 0 Å². The van der Waals surface area contributed by atoms with Gasteiger partial charge in [0.1, 0.15) is 24.2 Å². The van der Waals surface area contributed by atoms with Crippen molar-refractivity contribution in [3.8, 4) is 11.5 Å². The van der Waals surface area contributed by atoms with Gasteiger partial charge in [0.05, 0.1) is 17.7 Å². The molecule has 5 aromatic rings. The summed E-state index contributed by atoms with van der Waals surface area (Å²) >= 11 is 0. The van der Waals surface area contributed by atoms with Gasteiger partial charge in [-0.3, -0.25) is 14.5 Å². The molecule has 0 spiro atoms. The molecule has 292 valence electrons. The lowest BCUT2D eigenvalue weighted by Gasteiger charge is -2.43. The molecule has 3 atom stereocenters. The molecule has 2 amide bonds. The number of ether oxygens (including phenoxy) is 2. The van der Waals surface area contributed by atoms with Crippen LogP contribution in [-0.2, 0) is 11.3 Å². The number of nitrogens with one attached hydrogen (secondary N) is 3. The Bertz CT molecular complexity index is 2190. The molecule has 8 rings (SSSR count). The first kappa shape index (κ1) is 38.6. The molecule has 4 aromatic carbocycles. The van der Waals surface area contributed by atoms with E-state index in [1.807, 2.05) is 72.8 Å². The van der Waals surface area contributed by atoms with Gasteiger partial charge in [-0.15, -0.1) is 0 Å². The number of aromatic hydroxyl groups is 1. The number of aliphatic hydroxyl groups excluding tert-OH is 1. The number of aliphatic hydroxyl groups is 1. The van der Waals surface area contributed by atoms with Crippen molar-refractivity contribution in [2.24, 2.45) is 5.92 Å². The van der Waals surface area contributed by atoms with E-state index in [2.05, 4.69) is 20.5 Å². The van der Waals surface area contributed by atoms with E-state index in [1.54, 1.807) is 30.1 Å². The van der Waals surface area contributed by atoms with E-state index in [1.165, 1.54) is 12.1 Å². The summed E-state index contributed by atoms with van der Waals surface area (Å²) in [5.74, 6) is 0.882. The number of pyridine rings is 1. The van der Waals surface area contributed by atoms with Gasteiger partial charge >= 0.3 is 6.09 Å². The van der Waals surface area contributed by atoms with Crippen molar-refractivity contribution in [3.05, 3.63) is 141 Å². The third kappa shape index (κ3) is 9.39. The number of amides is 2. The van der Waals surface area contributed by atoms with Crippen LogP contribution in [0, 0.1) is 5.92 Å². The van der Waals surface area contributed by atoms with Crippen LogP contribution in [0.5, 0.6) is 11.5 Å². The molecule has 1 aromatic heterocycles. The minimum Gasteiger partial charge on any atom is -0.506 e. The summed E-state index contributed by atoms with van der Waals surface area (Å²) in [5, 5.41) is 27.9. The van der Waals surface area contributed by atoms with Crippen LogP contribution < -0.4 is 20.9 Å². The Kier molecular flexibility index (Phi) is 12.3. The number of benzene rings is 4. The maximum Gasteiger partial charge on any atom is 0.408 e. The fourth-order valence-electron chi connectivity index (χ4n) is 7.74. The van der Waals surface area contributed by atoms with E-state index in [0.29, 0.717) is 53.2 Å². The van der Waals surface area contributed by atoms with Crippen molar-refractivity contribution in [1.29, 1.82) is 0 Å². The van der Waals surface area contributed by atoms with Gasteiger partial charge in [-0.25, -0.2) is 4.79 Å². The normalized spacial score (nSPS) is 18.6. The number of rotatable bonds is 15. The van der Waals surface area contributed by atoms with Crippen LogP contribution in [0.4, 0.5) is 4.79 Å². The average Bonchev–Trinajstić information content (AvgIpc) is 3.22. The van der Waals surface area contributed by atoms with Gasteiger partial charge in [-0.05, 0) is 103 Å². The Labute approximate surface area is 326 Å². The molecule has 5 N–H and O–H groups in total. The standard InChI is InChI=1S/C44H49N5O7/c1-48(21-7-20-45-26-38(51)35-14-16-37(50)42-36(35)15-17-40(52)46-42)43(53)33-12-5-8-29(24-33)28-55-34-13-6-11-32(25-34)41(31-9-3-2-4-10-31)47-44(54)56-39-27-49-22-18-30(39)19-23-49/h2-6,8-17,24-25,30,38-39,41,45,50-51H,7,18-23,26-28H2,1H3,(H,46,52)(H,47,54)/t38?,39-,41?/m0/s1. The Balaban J connectivity index is 0.904. The number of hydrogen-bond donors (Lipinski definition) is 5. The van der Waals surface area contributed by atoms with E-state index < -0.39 is 18.2 Å². The van der Waals surface area contributed by atoms with Crippen molar-refractivity contribution >= 4 is 22.9 Å². The molecule has 3 aliphatic heterocycles. The van der Waals surface area contributed by atoms with Gasteiger partial charge in [0.25, 0.3) is 5.91 Å². The number of H-pyrrole nitrogens is 1. The fraction of sp³-hybridized carbons (Fsp3) is 0.341. The monoisotopic (exact) mass is 759 g/mol. The zero-order valence-corrected chi connectivity index (χ0v) is 31.5. The number of fused-ring (bicyclic) bond motifs is 4. The van der Waals surface area contributed by atoms with Crippen LogP contribution in [0.1, 0.15) is 64.0 Å². The van der Waals surface area contributed by atoms with Crippen molar-refractivity contribution in [2.75, 3.05) is 46.3 Å². The maximum atomic E-state index is 13.3. The molecule has 12 nitrogen and oxygen atoms in total. The molecule has 12 heteroatoms. The second-order valence-corrected chi connectivity index (χ2v) is 14.7. The van der Waals surface area contributed by atoms with Crippen LogP contribution >= 0.6 is 0 Å². The smallest absolute Gasteiger partial charge is 0.408 e. The number of phenolic OH excluding ortho intramolecular Hbond substituents is 1. The SMILES string of the molecule is CN(CCCNCC(O)c1ccc(O)c2[nH]c(=O)ccc12)C(=O)c1cccc(COc2cccc(C(NC(=O)O[C@H]3CN4CCC3CC4)c3ccccc3)c2)c1. The number of alkyl carbamates (subject to hydrolysis) is 1. The van der Waals surface area contributed by atoms with Crippen LogP contribution in [-0.4, -0.2) is 89.4 Å². The number of carbonyl (C=O) groups is 2. The number of carbonyl (C=O) groups excluding carboxylic acids is 2. The molecule has 3 aliphatic rings. The molecular formula is C44H49N5O7. The Hall–Kier alpha value is -5.69. The third-order valence-corrected chi connectivity index (χ3v) is 10.8. The first-order valence-electron chi connectivity index (χ1n) is 19.3. The highest BCUT2D eigenvalue weighted by molar-refractivity contribution is 5.94. The second-order valence-electron chi connectivity index (χ2n) is 14.7. The molecule has 2 bridgehead atoms. The van der Waals surface area contributed by atoms with Crippen molar-refractivity contribution in [2.45, 2.75) is 44.1 Å². The summed E-state index contributed by atoms with van der Waals surface area (Å²) in [7, 11) is 1.76. The molecule has 3 saturated heterocycles. The predicted molar refractivity (Wildman–Crippen MR) is 214 cm³/mol. The lowest BCUT2D eigenvalue weighted by Crippen LogP contribution is -2.52. The highest BCUT2D eigenvalue weighted by Crippen LogP contribution is 2.31. The first-order chi connectivity index (χ1) is 27.2. The molecule has 0 saturated carbocycles. The topological polar surface area (TPSA) is 156 Å². The predicted octanol–water partition coefficient (Wildman–Crippen LogP) is 5.51. The Morgan fingerprint density at radius 1 is 0.946 bits per heavy atom. The zero-order chi connectivity index (χ0) is 39.0. The van der Waals surface area contributed by atoms with Crippen LogP contribution in [0.25, 0.3) is 10.9 Å². The minimum atomic E-state index is -0.860. The third-order valence-electron chi connectivity index (χ3n) is 10.8. The number of piperidine rings is 3. The van der Waals surface area contributed by atoms with Crippen molar-refractivity contribution in [1.82, 2.24) is 25.4 Å². The van der Waals surface area contributed by atoms with Gasteiger partial charge < -0.3 is 40.2 Å². The van der Waals surface area contributed by atoms with Crippen molar-refractivity contribution in [3.63, 3.8) is 0 Å². The number of nitrogens with zero attached hydrogens (tertiary/aromatic N) is 2. The van der Waals surface area contributed by atoms with E-state index in [0.717, 1.165) is 49.2 Å². The van der Waals surface area contributed by atoms with E-state index in [-0.39, 0.29) is 36.5 Å². The van der Waals surface area contributed by atoms with Crippen LogP contribution in [0.3, 0.4) is 0 Å². The number of hydrogen-bond acceptors (Lipinski definition) is 9. The number of aromatic nitrogens is 1. The Morgan fingerprint density at radius 2 is 1.73 bits per heavy atom. The molecule has 0 radical (unpaired) electrons. The summed E-state index contributed by atoms with van der Waals surface area (Å²) in [6.07, 6.45) is 1.41. The highest BCUT2D eigenvalue weighted by atomic mass is 16.6. The first-order valence-corrected chi connectivity index (χ1v) is 19.3. The van der Waals surface area contributed by atoms with Gasteiger partial charge in [-0.2, -0.15) is 0 Å². The average molecular weight is 760 g/mol. The Morgan fingerprint density at radius 3 is 2.52 bits per heavy atom. The lowest BCUT2D eigenvalue weighted by molar-refractivity contribution is -0.0336. The molecule has 2 unspecified atom stereocenters. The van der Waals surface area contributed by atoms with E-state index in [9.17, 15) is 24.6 Å². The van der Waals surface area contributed by atoms with Gasteiger partial charge in [0, 0.05) is 43.7 Å².